The van der Waals surface area contributed by atoms with Crippen molar-refractivity contribution in [1.29, 1.82) is 5.26 Å². The summed E-state index contributed by atoms with van der Waals surface area (Å²) in [5, 5.41) is 12.1. The minimum absolute atomic E-state index is 0.00172. The molecular weight excluding hydrogens is 320 g/mol. The van der Waals surface area contributed by atoms with E-state index < -0.39 is 0 Å². The molecule has 5 heteroatoms. The number of halogens is 1. The fourth-order valence-corrected chi connectivity index (χ4v) is 2.20. The number of nitrogens with one attached hydrogen (secondary N) is 1. The van der Waals surface area contributed by atoms with Gasteiger partial charge >= 0.3 is 0 Å². The van der Waals surface area contributed by atoms with E-state index in [0.29, 0.717) is 18.1 Å². The van der Waals surface area contributed by atoms with E-state index in [-0.39, 0.29) is 12.1 Å². The first kappa shape index (κ1) is 16.8. The van der Waals surface area contributed by atoms with Crippen LogP contribution < -0.4 is 14.8 Å². The molecule has 0 radical (unpaired) electrons. The van der Waals surface area contributed by atoms with Gasteiger partial charge in [-0.05, 0) is 61.3 Å². The Morgan fingerprint density at radius 2 is 2.00 bits per heavy atom. The molecule has 0 aliphatic heterocycles. The molecule has 0 bridgehead atoms. The van der Waals surface area contributed by atoms with Gasteiger partial charge in [-0.15, -0.1) is 0 Å². The van der Waals surface area contributed by atoms with Gasteiger partial charge in [0, 0.05) is 12.1 Å². The van der Waals surface area contributed by atoms with Crippen LogP contribution in [0.25, 0.3) is 0 Å². The number of hydrogen-bond donors (Lipinski definition) is 1. The smallest absolute Gasteiger partial charge is 0.176 e. The lowest BCUT2D eigenvalue weighted by molar-refractivity contribution is 0.296. The van der Waals surface area contributed by atoms with Gasteiger partial charge in [0.25, 0.3) is 0 Å². The summed E-state index contributed by atoms with van der Waals surface area (Å²) in [5.41, 5.74) is 1.15. The van der Waals surface area contributed by atoms with Crippen molar-refractivity contribution in [2.75, 3.05) is 13.2 Å². The molecule has 1 rings (SSSR count). The summed E-state index contributed by atoms with van der Waals surface area (Å²) in [6, 6.07) is 5.89. The lowest BCUT2D eigenvalue weighted by Gasteiger charge is -2.21. The second kappa shape index (κ2) is 7.51. The molecule has 20 heavy (non-hydrogen) atoms. The maximum absolute atomic E-state index is 8.63. The molecule has 1 aromatic carbocycles. The van der Waals surface area contributed by atoms with Gasteiger partial charge in [-0.2, -0.15) is 5.26 Å². The average Bonchev–Trinajstić information content (AvgIpc) is 2.35. The third-order valence-electron chi connectivity index (χ3n) is 2.47. The van der Waals surface area contributed by atoms with Crippen LogP contribution in [0.5, 0.6) is 11.5 Å². The zero-order valence-corrected chi connectivity index (χ0v) is 14.0. The highest BCUT2D eigenvalue weighted by molar-refractivity contribution is 9.10. The van der Waals surface area contributed by atoms with E-state index >= 15 is 0 Å². The number of benzene rings is 1. The van der Waals surface area contributed by atoms with Gasteiger partial charge in [0.1, 0.15) is 6.07 Å². The lowest BCUT2D eigenvalue weighted by atomic mass is 10.1. The second-order valence-corrected chi connectivity index (χ2v) is 6.24. The van der Waals surface area contributed by atoms with Crippen LogP contribution in [-0.4, -0.2) is 18.8 Å². The van der Waals surface area contributed by atoms with Gasteiger partial charge in [0.15, 0.2) is 18.1 Å². The Hall–Kier alpha value is -1.25. The molecule has 0 aliphatic rings. The third-order valence-corrected chi connectivity index (χ3v) is 3.06. The maximum Gasteiger partial charge on any atom is 0.176 e. The highest BCUT2D eigenvalue weighted by Crippen LogP contribution is 2.37. The molecule has 0 atom stereocenters. The molecule has 0 saturated heterocycles. The zero-order chi connectivity index (χ0) is 15.2. The van der Waals surface area contributed by atoms with Crippen LogP contribution in [0.15, 0.2) is 16.6 Å². The van der Waals surface area contributed by atoms with Crippen molar-refractivity contribution < 1.29 is 9.47 Å². The van der Waals surface area contributed by atoms with Crippen LogP contribution in [0.2, 0.25) is 0 Å². The van der Waals surface area contributed by atoms with E-state index in [1.165, 1.54) is 0 Å². The summed E-state index contributed by atoms with van der Waals surface area (Å²) in [7, 11) is 0. The van der Waals surface area contributed by atoms with Crippen molar-refractivity contribution in [1.82, 2.24) is 5.32 Å². The number of hydrogen-bond acceptors (Lipinski definition) is 4. The minimum Gasteiger partial charge on any atom is -0.490 e. The van der Waals surface area contributed by atoms with Gasteiger partial charge in [-0.25, -0.2) is 0 Å². The molecule has 0 saturated carbocycles. The Balaban J connectivity index is 2.97. The Labute approximate surface area is 129 Å². The van der Waals surface area contributed by atoms with Crippen LogP contribution in [0.1, 0.15) is 33.3 Å². The number of nitrogens with zero attached hydrogens (tertiary/aromatic N) is 1. The number of ether oxygens (including phenoxy) is 2. The lowest BCUT2D eigenvalue weighted by Crippen LogP contribution is -2.35. The SMILES string of the molecule is CCOc1cc(CNC(C)(C)C)cc(Br)c1OCC#N. The summed E-state index contributed by atoms with van der Waals surface area (Å²) >= 11 is 3.48. The molecule has 0 amide bonds. The molecule has 0 heterocycles. The van der Waals surface area contributed by atoms with Crippen LogP contribution in [0.3, 0.4) is 0 Å². The van der Waals surface area contributed by atoms with Crippen molar-refractivity contribution in [2.24, 2.45) is 0 Å². The van der Waals surface area contributed by atoms with Gasteiger partial charge < -0.3 is 14.8 Å². The fourth-order valence-electron chi connectivity index (χ4n) is 1.60. The molecule has 0 aliphatic carbocycles. The first-order chi connectivity index (χ1) is 9.37. The predicted octanol–water partition coefficient (Wildman–Crippen LogP) is 3.64. The third kappa shape index (κ3) is 5.40. The molecule has 0 unspecified atom stereocenters. The van der Waals surface area contributed by atoms with Crippen molar-refractivity contribution in [3.8, 4) is 17.6 Å². The molecule has 4 nitrogen and oxygen atoms in total. The van der Waals surface area contributed by atoms with Gasteiger partial charge in [0.2, 0.25) is 0 Å². The Morgan fingerprint density at radius 3 is 2.55 bits per heavy atom. The number of nitriles is 1. The first-order valence-corrected chi connectivity index (χ1v) is 7.36. The largest absolute Gasteiger partial charge is 0.490 e. The van der Waals surface area contributed by atoms with Crippen LogP contribution >= 0.6 is 15.9 Å². The molecule has 110 valence electrons. The maximum atomic E-state index is 8.63. The van der Waals surface area contributed by atoms with Crippen molar-refractivity contribution in [3.05, 3.63) is 22.2 Å². The molecular formula is C15H21BrN2O2. The van der Waals surface area contributed by atoms with Crippen LogP contribution in [-0.2, 0) is 6.54 Å². The van der Waals surface area contributed by atoms with E-state index in [1.807, 2.05) is 25.1 Å². The van der Waals surface area contributed by atoms with E-state index in [1.54, 1.807) is 0 Å². The fraction of sp³-hybridized carbons (Fsp3) is 0.533. The first-order valence-electron chi connectivity index (χ1n) is 6.57. The van der Waals surface area contributed by atoms with E-state index in [2.05, 4.69) is 42.0 Å². The molecule has 0 fully saturated rings. The quantitative estimate of drug-likeness (QED) is 0.858. The highest BCUT2D eigenvalue weighted by atomic mass is 79.9. The summed E-state index contributed by atoms with van der Waals surface area (Å²) < 4.78 is 11.8. The van der Waals surface area contributed by atoms with Crippen LogP contribution in [0, 0.1) is 11.3 Å². The number of rotatable bonds is 6. The summed E-state index contributed by atoms with van der Waals surface area (Å²) in [6.07, 6.45) is 0. The summed E-state index contributed by atoms with van der Waals surface area (Å²) in [4.78, 5) is 0. The standard InChI is InChI=1S/C15H21BrN2O2/c1-5-19-13-9-11(10-18-15(2,3)4)8-12(16)14(13)20-7-6-17/h8-9,18H,5,7,10H2,1-4H3. The molecule has 1 aromatic rings. The van der Waals surface area contributed by atoms with Crippen molar-refractivity contribution >= 4 is 15.9 Å². The van der Waals surface area contributed by atoms with E-state index in [9.17, 15) is 0 Å². The summed E-state index contributed by atoms with van der Waals surface area (Å²) in [6.45, 7) is 9.56. The normalized spacial score (nSPS) is 11.0. The van der Waals surface area contributed by atoms with E-state index in [4.69, 9.17) is 14.7 Å². The van der Waals surface area contributed by atoms with Gasteiger partial charge in [-0.1, -0.05) is 0 Å². The average molecular weight is 341 g/mol. The van der Waals surface area contributed by atoms with Gasteiger partial charge in [0.05, 0.1) is 11.1 Å². The predicted molar refractivity (Wildman–Crippen MR) is 83.0 cm³/mol. The summed E-state index contributed by atoms with van der Waals surface area (Å²) in [5.74, 6) is 1.23. The topological polar surface area (TPSA) is 54.3 Å². The monoisotopic (exact) mass is 340 g/mol. The van der Waals surface area contributed by atoms with Crippen LogP contribution in [0.4, 0.5) is 0 Å². The molecule has 0 aromatic heterocycles. The van der Waals surface area contributed by atoms with Crippen molar-refractivity contribution in [2.45, 2.75) is 39.8 Å². The van der Waals surface area contributed by atoms with E-state index in [0.717, 1.165) is 16.6 Å². The van der Waals surface area contributed by atoms with Crippen molar-refractivity contribution in [3.63, 3.8) is 0 Å². The molecule has 1 N–H and O–H groups in total. The highest BCUT2D eigenvalue weighted by Gasteiger charge is 2.14. The Kier molecular flexibility index (Phi) is 6.31. The zero-order valence-electron chi connectivity index (χ0n) is 12.4. The van der Waals surface area contributed by atoms with Gasteiger partial charge in [-0.3, -0.25) is 0 Å². The minimum atomic E-state index is -0.00172. The molecule has 0 spiro atoms. The Morgan fingerprint density at radius 1 is 1.30 bits per heavy atom. The Bertz CT molecular complexity index is 490. The second-order valence-electron chi connectivity index (χ2n) is 5.39.